The summed E-state index contributed by atoms with van der Waals surface area (Å²) in [5.74, 6) is -0.341. The van der Waals surface area contributed by atoms with Crippen LogP contribution in [0.1, 0.15) is 27.3 Å². The van der Waals surface area contributed by atoms with Crippen LogP contribution >= 0.6 is 0 Å². The van der Waals surface area contributed by atoms with Gasteiger partial charge in [-0.05, 0) is 24.6 Å². The molecule has 6 nitrogen and oxygen atoms in total. The predicted octanol–water partition coefficient (Wildman–Crippen LogP) is 5.15. The van der Waals surface area contributed by atoms with E-state index in [0.29, 0.717) is 11.4 Å². The molecule has 0 bridgehead atoms. The molecule has 2 N–H and O–H groups in total. The lowest BCUT2D eigenvalue weighted by atomic mass is 10.1. The lowest BCUT2D eigenvalue weighted by molar-refractivity contribution is 0.0950. The van der Waals surface area contributed by atoms with E-state index in [9.17, 15) is 4.79 Å². The van der Waals surface area contributed by atoms with Gasteiger partial charge in [0.2, 0.25) is 0 Å². The Balaban J connectivity index is 1.37. The van der Waals surface area contributed by atoms with E-state index < -0.39 is 0 Å². The monoisotopic (exact) mass is 433 g/mol. The van der Waals surface area contributed by atoms with E-state index in [-0.39, 0.29) is 5.91 Å². The van der Waals surface area contributed by atoms with Crippen molar-refractivity contribution >= 4 is 23.0 Å². The Morgan fingerprint density at radius 3 is 2.48 bits per heavy atom. The zero-order valence-electron chi connectivity index (χ0n) is 18.2. The third-order valence-corrected chi connectivity index (χ3v) is 5.71. The lowest BCUT2D eigenvalue weighted by Gasteiger charge is -2.08. The number of benzene rings is 3. The zero-order valence-corrected chi connectivity index (χ0v) is 18.2. The highest BCUT2D eigenvalue weighted by atomic mass is 16.2. The average molecular weight is 434 g/mol. The third kappa shape index (κ3) is 4.19. The number of rotatable bonds is 6. The molecule has 0 spiro atoms. The molecule has 0 atom stereocenters. The molecule has 2 heterocycles. The van der Waals surface area contributed by atoms with Crippen molar-refractivity contribution in [2.45, 2.75) is 13.5 Å². The van der Waals surface area contributed by atoms with Crippen LogP contribution in [0.25, 0.3) is 22.2 Å². The first-order valence-corrected chi connectivity index (χ1v) is 10.8. The Kier molecular flexibility index (Phi) is 5.55. The molecule has 1 amide bonds. The van der Waals surface area contributed by atoms with Gasteiger partial charge < -0.3 is 4.57 Å². The first kappa shape index (κ1) is 20.5. The Bertz CT molecular complexity index is 1430. The van der Waals surface area contributed by atoms with Crippen LogP contribution in [0.5, 0.6) is 0 Å². The van der Waals surface area contributed by atoms with Gasteiger partial charge in [0.05, 0.1) is 11.9 Å². The van der Waals surface area contributed by atoms with E-state index in [1.54, 1.807) is 12.3 Å². The Morgan fingerprint density at radius 2 is 1.70 bits per heavy atom. The van der Waals surface area contributed by atoms with Crippen LogP contribution in [0.4, 0.5) is 0 Å². The molecule has 2 aromatic heterocycles. The van der Waals surface area contributed by atoms with Crippen molar-refractivity contribution in [1.82, 2.24) is 20.2 Å². The van der Waals surface area contributed by atoms with Crippen molar-refractivity contribution in [3.63, 3.8) is 0 Å². The number of nitrogens with one attached hydrogen (secondary N) is 2. The molecule has 0 saturated heterocycles. The second-order valence-electron chi connectivity index (χ2n) is 7.82. The fourth-order valence-corrected chi connectivity index (χ4v) is 4.00. The fourth-order valence-electron chi connectivity index (χ4n) is 4.00. The number of carbonyl (C=O) groups excluding carboxylic acids is 1. The molecule has 0 aliphatic heterocycles. The van der Waals surface area contributed by atoms with Crippen LogP contribution in [0.3, 0.4) is 0 Å². The van der Waals surface area contributed by atoms with Gasteiger partial charge in [-0.3, -0.25) is 9.89 Å². The average Bonchev–Trinajstić information content (AvgIpc) is 3.45. The van der Waals surface area contributed by atoms with Crippen LogP contribution in [0.2, 0.25) is 0 Å². The summed E-state index contributed by atoms with van der Waals surface area (Å²) in [7, 11) is 0. The number of fused-ring (bicyclic) bond motifs is 1. The highest BCUT2D eigenvalue weighted by molar-refractivity contribution is 6.02. The molecule has 0 saturated carbocycles. The summed E-state index contributed by atoms with van der Waals surface area (Å²) in [5, 5.41) is 12.4. The van der Waals surface area contributed by atoms with E-state index in [2.05, 4.69) is 56.5 Å². The highest BCUT2D eigenvalue weighted by Gasteiger charge is 2.14. The van der Waals surface area contributed by atoms with Gasteiger partial charge in [0.15, 0.2) is 0 Å². The van der Waals surface area contributed by atoms with Crippen molar-refractivity contribution < 1.29 is 4.79 Å². The molecule has 0 aliphatic carbocycles. The molecule has 5 rings (SSSR count). The van der Waals surface area contributed by atoms with Gasteiger partial charge in [-0.25, -0.2) is 5.43 Å². The minimum absolute atomic E-state index is 0.341. The van der Waals surface area contributed by atoms with Crippen LogP contribution < -0.4 is 5.43 Å². The summed E-state index contributed by atoms with van der Waals surface area (Å²) in [6, 6.07) is 30.0. The van der Waals surface area contributed by atoms with Gasteiger partial charge in [-0.15, -0.1) is 0 Å². The van der Waals surface area contributed by atoms with Crippen molar-refractivity contribution in [2.75, 3.05) is 0 Å². The molecule has 0 aliphatic rings. The number of amides is 1. The summed E-state index contributed by atoms with van der Waals surface area (Å²) in [4.78, 5) is 12.6. The number of para-hydroxylation sites is 1. The molecule has 0 fully saturated rings. The number of carbonyl (C=O) groups is 1. The predicted molar refractivity (Wildman–Crippen MR) is 131 cm³/mol. The fraction of sp³-hybridized carbons (Fsp3) is 0.0741. The molecule has 5 aromatic rings. The van der Waals surface area contributed by atoms with Crippen LogP contribution in [0, 0.1) is 6.92 Å². The summed E-state index contributed by atoms with van der Waals surface area (Å²) in [6.07, 6.45) is 1.71. The highest BCUT2D eigenvalue weighted by Crippen LogP contribution is 2.25. The van der Waals surface area contributed by atoms with E-state index in [4.69, 9.17) is 0 Å². The van der Waals surface area contributed by atoms with E-state index in [1.165, 1.54) is 5.56 Å². The first-order valence-electron chi connectivity index (χ1n) is 10.8. The van der Waals surface area contributed by atoms with Crippen LogP contribution in [0.15, 0.2) is 96.1 Å². The quantitative estimate of drug-likeness (QED) is 0.287. The van der Waals surface area contributed by atoms with Crippen LogP contribution in [-0.4, -0.2) is 26.9 Å². The lowest BCUT2D eigenvalue weighted by Crippen LogP contribution is -2.18. The Hall–Kier alpha value is -4.45. The summed E-state index contributed by atoms with van der Waals surface area (Å²) in [5.41, 5.74) is 9.06. The van der Waals surface area contributed by atoms with Gasteiger partial charge in [0.1, 0.15) is 5.69 Å². The maximum Gasteiger partial charge on any atom is 0.289 e. The molecule has 162 valence electrons. The molecule has 0 radical (unpaired) electrons. The second kappa shape index (κ2) is 8.96. The van der Waals surface area contributed by atoms with Crippen molar-refractivity contribution in [1.29, 1.82) is 0 Å². The van der Waals surface area contributed by atoms with E-state index >= 15 is 0 Å². The minimum atomic E-state index is -0.341. The summed E-state index contributed by atoms with van der Waals surface area (Å²) in [6.45, 7) is 2.84. The van der Waals surface area contributed by atoms with Gasteiger partial charge in [0, 0.05) is 34.3 Å². The number of hydrazone groups is 1. The number of hydrogen-bond acceptors (Lipinski definition) is 3. The van der Waals surface area contributed by atoms with E-state index in [1.807, 2.05) is 60.7 Å². The summed E-state index contributed by atoms with van der Waals surface area (Å²) >= 11 is 0. The number of hydrogen-bond donors (Lipinski definition) is 2. The van der Waals surface area contributed by atoms with Gasteiger partial charge >= 0.3 is 0 Å². The smallest absolute Gasteiger partial charge is 0.289 e. The van der Waals surface area contributed by atoms with Gasteiger partial charge in [0.25, 0.3) is 5.91 Å². The molecule has 0 unspecified atom stereocenters. The normalized spacial score (nSPS) is 11.3. The maximum atomic E-state index is 12.6. The standard InChI is InChI=1S/C27H23N5O/c1-19-23(22-14-8-9-15-26(22)32(19)18-20-10-4-2-5-11-20)17-28-31-27(33)25-16-24(29-30-25)21-12-6-3-7-13-21/h2-17H,18H2,1H3,(H,29,30)(H,31,33)/b28-17+. The maximum absolute atomic E-state index is 12.6. The Morgan fingerprint density at radius 1 is 1.00 bits per heavy atom. The Labute approximate surface area is 191 Å². The summed E-state index contributed by atoms with van der Waals surface area (Å²) < 4.78 is 2.27. The van der Waals surface area contributed by atoms with E-state index in [0.717, 1.165) is 34.3 Å². The van der Waals surface area contributed by atoms with Crippen molar-refractivity contribution in [3.05, 3.63) is 114 Å². The second-order valence-corrected chi connectivity index (χ2v) is 7.82. The van der Waals surface area contributed by atoms with Crippen LogP contribution in [-0.2, 0) is 6.54 Å². The molecule has 6 heteroatoms. The molecule has 3 aromatic carbocycles. The number of aromatic amines is 1. The third-order valence-electron chi connectivity index (χ3n) is 5.71. The van der Waals surface area contributed by atoms with Gasteiger partial charge in [-0.2, -0.15) is 10.2 Å². The SMILES string of the molecule is Cc1c(/C=N/NC(=O)c2cc(-c3ccccc3)n[nH]2)c2ccccc2n1Cc1ccccc1. The molecular formula is C27H23N5O. The van der Waals surface area contributed by atoms with Gasteiger partial charge in [-0.1, -0.05) is 78.9 Å². The topological polar surface area (TPSA) is 75.1 Å². The largest absolute Gasteiger partial charge is 0.340 e. The number of aromatic nitrogens is 3. The number of nitrogens with zero attached hydrogens (tertiary/aromatic N) is 3. The molecule has 33 heavy (non-hydrogen) atoms. The van der Waals surface area contributed by atoms with Crippen molar-refractivity contribution in [3.8, 4) is 11.3 Å². The molecular weight excluding hydrogens is 410 g/mol. The zero-order chi connectivity index (χ0) is 22.6. The van der Waals surface area contributed by atoms with Crippen molar-refractivity contribution in [2.24, 2.45) is 5.10 Å². The first-order chi connectivity index (χ1) is 16.2. The minimum Gasteiger partial charge on any atom is -0.340 e. The number of H-pyrrole nitrogens is 1.